The number of nitrogens with one attached hydrogen (secondary N) is 1. The fourth-order valence-electron chi connectivity index (χ4n) is 3.43. The summed E-state index contributed by atoms with van der Waals surface area (Å²) in [6.07, 6.45) is -12.6. The molecule has 0 aliphatic carbocycles. The van der Waals surface area contributed by atoms with Gasteiger partial charge in [0, 0.05) is 37.7 Å². The molecule has 0 saturated carbocycles. The highest BCUT2D eigenvalue weighted by Crippen LogP contribution is 2.36. The molecule has 1 unspecified atom stereocenters. The van der Waals surface area contributed by atoms with Crippen molar-refractivity contribution < 1.29 is 59.6 Å². The highest BCUT2D eigenvalue weighted by Gasteiger charge is 2.59. The summed E-state index contributed by atoms with van der Waals surface area (Å²) in [6.45, 7) is -0.0907. The number of urea groups is 1. The number of hydrogen-bond acceptors (Lipinski definition) is 5. The number of nitrogens with zero attached hydrogens (tertiary/aromatic N) is 1. The van der Waals surface area contributed by atoms with Gasteiger partial charge in [-0.25, -0.2) is 18.4 Å². The number of halogens is 7. The van der Waals surface area contributed by atoms with E-state index < -0.39 is 55.1 Å². The Morgan fingerprint density at radius 2 is 1.68 bits per heavy atom. The van der Waals surface area contributed by atoms with Gasteiger partial charge in [-0.1, -0.05) is 18.2 Å². The minimum absolute atomic E-state index is 0.0429. The number of benzene rings is 2. The standard InChI is InChI=1S/C26H29F7N2O6/c1-2-39-22(23(36)37)14-17-4-8-20(9-5-17)40-13-11-35(10-3-12-41-26(32,33)25(29,30)31)24(38)34-16-18-6-7-19(27)15-21(18)28/h4-9,15,22H,2-3,10-14,16H2,1H3,(H,34,38)(H,36,37). The van der Waals surface area contributed by atoms with Gasteiger partial charge in [-0.2, -0.15) is 22.0 Å². The molecule has 2 aromatic rings. The molecule has 0 spiro atoms. The zero-order valence-electron chi connectivity index (χ0n) is 21.9. The number of ether oxygens (including phenoxy) is 3. The van der Waals surface area contributed by atoms with Crippen molar-refractivity contribution in [2.75, 3.05) is 32.9 Å². The minimum atomic E-state index is -5.90. The number of carboxylic acids is 1. The van der Waals surface area contributed by atoms with Crippen LogP contribution in [0.5, 0.6) is 5.75 Å². The van der Waals surface area contributed by atoms with Crippen LogP contribution < -0.4 is 10.1 Å². The van der Waals surface area contributed by atoms with Crippen molar-refractivity contribution in [1.29, 1.82) is 0 Å². The number of aliphatic carboxylic acids is 1. The lowest BCUT2D eigenvalue weighted by Gasteiger charge is -2.24. The van der Waals surface area contributed by atoms with Gasteiger partial charge in [-0.15, -0.1) is 0 Å². The van der Waals surface area contributed by atoms with Gasteiger partial charge < -0.3 is 29.5 Å². The monoisotopic (exact) mass is 598 g/mol. The summed E-state index contributed by atoms with van der Waals surface area (Å²) < 4.78 is 104. The van der Waals surface area contributed by atoms with Gasteiger partial charge in [0.25, 0.3) is 0 Å². The topological polar surface area (TPSA) is 97.3 Å². The van der Waals surface area contributed by atoms with Gasteiger partial charge >= 0.3 is 24.3 Å². The molecule has 228 valence electrons. The molecule has 0 aliphatic rings. The van der Waals surface area contributed by atoms with Gasteiger partial charge in [-0.05, 0) is 37.1 Å². The van der Waals surface area contributed by atoms with Crippen LogP contribution in [0.4, 0.5) is 35.5 Å². The summed E-state index contributed by atoms with van der Waals surface area (Å²) >= 11 is 0. The van der Waals surface area contributed by atoms with Crippen molar-refractivity contribution in [3.8, 4) is 5.75 Å². The molecule has 2 amide bonds. The van der Waals surface area contributed by atoms with E-state index in [2.05, 4.69) is 10.1 Å². The van der Waals surface area contributed by atoms with E-state index in [1.165, 1.54) is 0 Å². The van der Waals surface area contributed by atoms with E-state index in [4.69, 9.17) is 9.47 Å². The summed E-state index contributed by atoms with van der Waals surface area (Å²) in [6, 6.07) is 8.24. The highest BCUT2D eigenvalue weighted by molar-refractivity contribution is 5.74. The van der Waals surface area contributed by atoms with Crippen LogP contribution in [-0.2, 0) is 27.2 Å². The van der Waals surface area contributed by atoms with Crippen molar-refractivity contribution >= 4 is 12.0 Å². The average Bonchev–Trinajstić information content (AvgIpc) is 2.89. The maximum absolute atomic E-state index is 13.9. The van der Waals surface area contributed by atoms with Gasteiger partial charge in [0.2, 0.25) is 0 Å². The summed E-state index contributed by atoms with van der Waals surface area (Å²) in [5.74, 6) is -2.50. The second kappa shape index (κ2) is 15.4. The predicted octanol–water partition coefficient (Wildman–Crippen LogP) is 5.15. The summed E-state index contributed by atoms with van der Waals surface area (Å²) in [5, 5.41) is 11.6. The normalized spacial score (nSPS) is 12.6. The molecule has 8 nitrogen and oxygen atoms in total. The van der Waals surface area contributed by atoms with Crippen LogP contribution in [0.1, 0.15) is 24.5 Å². The molecule has 2 N–H and O–H groups in total. The Hall–Kier alpha value is -3.59. The minimum Gasteiger partial charge on any atom is -0.492 e. The molecule has 0 aromatic heterocycles. The Bertz CT molecular complexity index is 1130. The molecule has 0 radical (unpaired) electrons. The molecule has 0 bridgehead atoms. The first-order valence-electron chi connectivity index (χ1n) is 12.3. The maximum atomic E-state index is 13.9. The molecule has 1 atom stereocenters. The molecule has 0 heterocycles. The SMILES string of the molecule is CCOC(Cc1ccc(OCCN(CCCOC(F)(F)C(F)(F)F)C(=O)NCc2ccc(F)cc2F)cc1)C(=O)O. The number of hydrogen-bond donors (Lipinski definition) is 2. The van der Waals surface area contributed by atoms with Gasteiger partial charge in [0.05, 0.1) is 13.2 Å². The molecule has 2 rings (SSSR count). The second-order valence-electron chi connectivity index (χ2n) is 8.58. The number of alkyl halides is 5. The molecule has 15 heteroatoms. The summed E-state index contributed by atoms with van der Waals surface area (Å²) in [4.78, 5) is 25.0. The van der Waals surface area contributed by atoms with Crippen LogP contribution in [0.25, 0.3) is 0 Å². The van der Waals surface area contributed by atoms with Crippen LogP contribution in [0, 0.1) is 11.6 Å². The second-order valence-corrected chi connectivity index (χ2v) is 8.58. The van der Waals surface area contributed by atoms with Crippen molar-refractivity contribution in [2.45, 2.75) is 44.7 Å². The summed E-state index contributed by atoms with van der Waals surface area (Å²) in [5.41, 5.74) is 0.613. The third kappa shape index (κ3) is 11.1. The van der Waals surface area contributed by atoms with E-state index in [-0.39, 0.29) is 44.8 Å². The van der Waals surface area contributed by atoms with Crippen LogP contribution in [0.15, 0.2) is 42.5 Å². The van der Waals surface area contributed by atoms with Gasteiger partial charge in [0.1, 0.15) is 24.0 Å². The highest BCUT2D eigenvalue weighted by atomic mass is 19.4. The lowest BCUT2D eigenvalue weighted by atomic mass is 10.1. The van der Waals surface area contributed by atoms with Crippen molar-refractivity contribution in [3.63, 3.8) is 0 Å². The Morgan fingerprint density at radius 3 is 2.27 bits per heavy atom. The number of carboxylic acid groups (broad SMARTS) is 1. The van der Waals surface area contributed by atoms with Crippen molar-refractivity contribution in [3.05, 3.63) is 65.2 Å². The van der Waals surface area contributed by atoms with E-state index >= 15 is 0 Å². The smallest absolute Gasteiger partial charge is 0.482 e. The lowest BCUT2D eigenvalue weighted by Crippen LogP contribution is -2.43. The zero-order valence-corrected chi connectivity index (χ0v) is 21.9. The first-order chi connectivity index (χ1) is 19.2. The largest absolute Gasteiger partial charge is 0.492 e. The fourth-order valence-corrected chi connectivity index (χ4v) is 3.43. The Morgan fingerprint density at radius 1 is 1.00 bits per heavy atom. The van der Waals surface area contributed by atoms with Crippen molar-refractivity contribution in [2.24, 2.45) is 0 Å². The Kier molecular flexibility index (Phi) is 12.6. The van der Waals surface area contributed by atoms with E-state index in [1.54, 1.807) is 31.2 Å². The van der Waals surface area contributed by atoms with Crippen molar-refractivity contribution in [1.82, 2.24) is 10.2 Å². The third-order valence-corrected chi connectivity index (χ3v) is 5.54. The fraction of sp³-hybridized carbons (Fsp3) is 0.462. The van der Waals surface area contributed by atoms with Crippen LogP contribution in [0.3, 0.4) is 0 Å². The first kappa shape index (κ1) is 33.6. The Balaban J connectivity index is 1.97. The zero-order chi connectivity index (χ0) is 30.6. The van der Waals surface area contributed by atoms with E-state index in [1.807, 2.05) is 0 Å². The summed E-state index contributed by atoms with van der Waals surface area (Å²) in [7, 11) is 0. The quantitative estimate of drug-likeness (QED) is 0.205. The van der Waals surface area contributed by atoms with Crippen LogP contribution >= 0.6 is 0 Å². The molecular weight excluding hydrogens is 569 g/mol. The number of rotatable bonds is 16. The van der Waals surface area contributed by atoms with Gasteiger partial charge in [-0.3, -0.25) is 0 Å². The molecule has 0 saturated heterocycles. The molecule has 41 heavy (non-hydrogen) atoms. The number of amides is 2. The van der Waals surface area contributed by atoms with E-state index in [0.717, 1.165) is 17.0 Å². The lowest BCUT2D eigenvalue weighted by molar-refractivity contribution is -0.391. The average molecular weight is 599 g/mol. The van der Waals surface area contributed by atoms with Crippen LogP contribution in [0.2, 0.25) is 0 Å². The molecular formula is C26H29F7N2O6. The molecule has 0 fully saturated rings. The van der Waals surface area contributed by atoms with Crippen LogP contribution in [-0.4, -0.2) is 73.3 Å². The number of carbonyl (C=O) groups is 2. The van der Waals surface area contributed by atoms with E-state index in [9.17, 15) is 45.4 Å². The molecule has 0 aliphatic heterocycles. The Labute approximate surface area is 231 Å². The predicted molar refractivity (Wildman–Crippen MR) is 130 cm³/mol. The van der Waals surface area contributed by atoms with E-state index in [0.29, 0.717) is 17.4 Å². The first-order valence-corrected chi connectivity index (χ1v) is 12.3. The molecule has 2 aromatic carbocycles. The van der Waals surface area contributed by atoms with Gasteiger partial charge in [0.15, 0.2) is 6.10 Å². The maximum Gasteiger partial charge on any atom is 0.482 e. The third-order valence-electron chi connectivity index (χ3n) is 5.54. The number of carbonyl (C=O) groups excluding carboxylic acids is 1.